The Hall–Kier alpha value is -1.59. The average molecular weight is 421 g/mol. The van der Waals surface area contributed by atoms with Gasteiger partial charge in [0.25, 0.3) is 5.91 Å². The standard InChI is InChI=1S/C23H32N2O3.ClH/c1-28-22(26)9-4-16-2-6-20(7-3-16)25-15-19-14-18(5-8-21(19)23(25)27)17-10-12-24-13-11-17;/h5,8,14,16-17,20,24H,2-4,6-7,9-13,15H2,1H3;1H/t16-,20-;. The van der Waals surface area contributed by atoms with Crippen molar-refractivity contribution in [3.63, 3.8) is 0 Å². The number of halogens is 1. The normalized spacial score (nSPS) is 24.7. The maximum absolute atomic E-state index is 13.0. The number of hydrogen-bond donors (Lipinski definition) is 1. The molecular weight excluding hydrogens is 388 g/mol. The zero-order chi connectivity index (χ0) is 19.5. The molecule has 160 valence electrons. The molecule has 0 bridgehead atoms. The summed E-state index contributed by atoms with van der Waals surface area (Å²) in [6, 6.07) is 6.89. The third-order valence-electron chi connectivity index (χ3n) is 7.01. The van der Waals surface area contributed by atoms with Crippen LogP contribution >= 0.6 is 12.4 Å². The lowest BCUT2D eigenvalue weighted by atomic mass is 9.83. The Morgan fingerprint density at radius 3 is 2.55 bits per heavy atom. The van der Waals surface area contributed by atoms with E-state index in [0.29, 0.717) is 24.3 Å². The molecule has 4 rings (SSSR count). The molecule has 0 atom stereocenters. The molecule has 0 unspecified atom stereocenters. The molecule has 2 aliphatic heterocycles. The van der Waals surface area contributed by atoms with Gasteiger partial charge in [0.05, 0.1) is 7.11 Å². The van der Waals surface area contributed by atoms with Gasteiger partial charge >= 0.3 is 5.97 Å². The van der Waals surface area contributed by atoms with Gasteiger partial charge in [0.1, 0.15) is 0 Å². The fraction of sp³-hybridized carbons (Fsp3) is 0.652. The van der Waals surface area contributed by atoms with E-state index in [1.165, 1.54) is 31.1 Å². The number of amides is 1. The van der Waals surface area contributed by atoms with Gasteiger partial charge in [0.15, 0.2) is 0 Å². The first kappa shape index (κ1) is 22.1. The van der Waals surface area contributed by atoms with Crippen LogP contribution in [0.3, 0.4) is 0 Å². The van der Waals surface area contributed by atoms with Crippen molar-refractivity contribution < 1.29 is 14.3 Å². The number of methoxy groups -OCH3 is 1. The van der Waals surface area contributed by atoms with Gasteiger partial charge in [-0.05, 0) is 87.1 Å². The number of carbonyl (C=O) groups excluding carboxylic acids is 2. The first-order valence-corrected chi connectivity index (χ1v) is 10.9. The summed E-state index contributed by atoms with van der Waals surface area (Å²) in [5, 5.41) is 3.43. The van der Waals surface area contributed by atoms with Crippen LogP contribution < -0.4 is 5.32 Å². The second-order valence-electron chi connectivity index (χ2n) is 8.66. The van der Waals surface area contributed by atoms with E-state index in [9.17, 15) is 9.59 Å². The number of ether oxygens (including phenoxy) is 1. The maximum atomic E-state index is 13.0. The number of piperidine rings is 1. The number of carbonyl (C=O) groups is 2. The highest BCUT2D eigenvalue weighted by molar-refractivity contribution is 5.98. The number of hydrogen-bond acceptors (Lipinski definition) is 4. The van der Waals surface area contributed by atoms with Gasteiger partial charge in [0.2, 0.25) is 0 Å². The molecule has 1 N–H and O–H groups in total. The molecule has 29 heavy (non-hydrogen) atoms. The van der Waals surface area contributed by atoms with Gasteiger partial charge in [0, 0.05) is 24.6 Å². The molecule has 2 heterocycles. The molecule has 1 aliphatic carbocycles. The summed E-state index contributed by atoms with van der Waals surface area (Å²) in [5.74, 6) is 1.31. The van der Waals surface area contributed by atoms with Gasteiger partial charge in [-0.1, -0.05) is 12.1 Å². The van der Waals surface area contributed by atoms with E-state index in [0.717, 1.165) is 57.3 Å². The van der Waals surface area contributed by atoms with Crippen molar-refractivity contribution in [3.8, 4) is 0 Å². The fourth-order valence-electron chi connectivity index (χ4n) is 5.24. The molecule has 2 fully saturated rings. The molecule has 5 nitrogen and oxygen atoms in total. The Labute approximate surface area is 180 Å². The SMILES string of the molecule is COC(=O)CC[C@H]1CC[C@H](N2Cc3cc(C4CCNCC4)ccc3C2=O)CC1.Cl. The zero-order valence-corrected chi connectivity index (χ0v) is 18.1. The van der Waals surface area contributed by atoms with Crippen molar-refractivity contribution in [3.05, 3.63) is 34.9 Å². The van der Waals surface area contributed by atoms with Crippen LogP contribution in [0.1, 0.15) is 78.8 Å². The molecule has 3 aliphatic rings. The third-order valence-corrected chi connectivity index (χ3v) is 7.01. The van der Waals surface area contributed by atoms with E-state index < -0.39 is 0 Å². The topological polar surface area (TPSA) is 58.6 Å². The van der Waals surface area contributed by atoms with Crippen LogP contribution in [0.25, 0.3) is 0 Å². The molecule has 0 radical (unpaired) electrons. The molecule has 1 aromatic rings. The van der Waals surface area contributed by atoms with Crippen molar-refractivity contribution in [2.75, 3.05) is 20.2 Å². The summed E-state index contributed by atoms with van der Waals surface area (Å²) in [6.45, 7) is 2.95. The smallest absolute Gasteiger partial charge is 0.305 e. The molecule has 0 aromatic heterocycles. The second kappa shape index (κ2) is 9.94. The summed E-state index contributed by atoms with van der Waals surface area (Å²) < 4.78 is 4.75. The van der Waals surface area contributed by atoms with E-state index in [1.807, 2.05) is 0 Å². The van der Waals surface area contributed by atoms with Crippen molar-refractivity contribution in [2.45, 2.75) is 69.9 Å². The van der Waals surface area contributed by atoms with Gasteiger partial charge < -0.3 is 15.0 Å². The average Bonchev–Trinajstić information content (AvgIpc) is 3.09. The Morgan fingerprint density at radius 1 is 1.14 bits per heavy atom. The first-order valence-electron chi connectivity index (χ1n) is 10.9. The Kier molecular flexibility index (Phi) is 7.58. The van der Waals surface area contributed by atoms with Crippen LogP contribution in [0, 0.1) is 5.92 Å². The highest BCUT2D eigenvalue weighted by Gasteiger charge is 2.35. The Balaban J connectivity index is 0.00000240. The third kappa shape index (κ3) is 4.95. The quantitative estimate of drug-likeness (QED) is 0.730. The van der Waals surface area contributed by atoms with Crippen LogP contribution in [0.5, 0.6) is 0 Å². The van der Waals surface area contributed by atoms with Gasteiger partial charge in [-0.25, -0.2) is 0 Å². The van der Waals surface area contributed by atoms with Crippen molar-refractivity contribution in [1.29, 1.82) is 0 Å². The van der Waals surface area contributed by atoms with Gasteiger partial charge in [-0.2, -0.15) is 0 Å². The minimum Gasteiger partial charge on any atom is -0.469 e. The van der Waals surface area contributed by atoms with E-state index >= 15 is 0 Å². The Morgan fingerprint density at radius 2 is 1.86 bits per heavy atom. The summed E-state index contributed by atoms with van der Waals surface area (Å²) >= 11 is 0. The maximum Gasteiger partial charge on any atom is 0.305 e. The van der Waals surface area contributed by atoms with Gasteiger partial charge in [-0.3, -0.25) is 9.59 Å². The minimum absolute atomic E-state index is 0. The fourth-order valence-corrected chi connectivity index (χ4v) is 5.24. The number of benzene rings is 1. The molecule has 1 saturated carbocycles. The monoisotopic (exact) mass is 420 g/mol. The number of fused-ring (bicyclic) bond motifs is 1. The molecule has 1 saturated heterocycles. The number of esters is 1. The van der Waals surface area contributed by atoms with E-state index in [2.05, 4.69) is 28.4 Å². The largest absolute Gasteiger partial charge is 0.469 e. The Bertz CT molecular complexity index is 725. The van der Waals surface area contributed by atoms with Crippen LogP contribution in [0.4, 0.5) is 0 Å². The van der Waals surface area contributed by atoms with Crippen LogP contribution in [0.15, 0.2) is 18.2 Å². The predicted molar refractivity (Wildman–Crippen MR) is 115 cm³/mol. The van der Waals surface area contributed by atoms with Crippen LogP contribution in [0.2, 0.25) is 0 Å². The van der Waals surface area contributed by atoms with Crippen molar-refractivity contribution >= 4 is 24.3 Å². The highest BCUT2D eigenvalue weighted by atomic mass is 35.5. The zero-order valence-electron chi connectivity index (χ0n) is 17.3. The second-order valence-corrected chi connectivity index (χ2v) is 8.66. The number of nitrogens with one attached hydrogen (secondary N) is 1. The molecule has 0 spiro atoms. The summed E-state index contributed by atoms with van der Waals surface area (Å²) in [5.41, 5.74) is 3.53. The van der Waals surface area contributed by atoms with E-state index in [1.54, 1.807) is 0 Å². The van der Waals surface area contributed by atoms with Crippen molar-refractivity contribution in [2.24, 2.45) is 5.92 Å². The predicted octanol–water partition coefficient (Wildman–Crippen LogP) is 4.04. The lowest BCUT2D eigenvalue weighted by Crippen LogP contribution is -2.38. The van der Waals surface area contributed by atoms with Crippen LogP contribution in [-0.4, -0.2) is 43.0 Å². The minimum atomic E-state index is -0.114. The molecule has 6 heteroatoms. The lowest BCUT2D eigenvalue weighted by molar-refractivity contribution is -0.141. The number of nitrogens with zero attached hydrogens (tertiary/aromatic N) is 1. The molecule has 1 aromatic carbocycles. The summed E-state index contributed by atoms with van der Waals surface area (Å²) in [6.07, 6.45) is 8.09. The van der Waals surface area contributed by atoms with Crippen LogP contribution in [-0.2, 0) is 16.1 Å². The lowest BCUT2D eigenvalue weighted by Gasteiger charge is -2.34. The summed E-state index contributed by atoms with van der Waals surface area (Å²) in [4.78, 5) is 26.4. The number of rotatable bonds is 5. The molecule has 1 amide bonds. The van der Waals surface area contributed by atoms with Crippen molar-refractivity contribution in [1.82, 2.24) is 10.2 Å². The highest BCUT2D eigenvalue weighted by Crippen LogP contribution is 2.36. The van der Waals surface area contributed by atoms with Gasteiger partial charge in [-0.15, -0.1) is 12.4 Å². The summed E-state index contributed by atoms with van der Waals surface area (Å²) in [7, 11) is 1.45. The first-order chi connectivity index (χ1) is 13.7. The van der Waals surface area contributed by atoms with E-state index in [4.69, 9.17) is 4.74 Å². The molecular formula is C23H33ClN2O3. The van der Waals surface area contributed by atoms with E-state index in [-0.39, 0.29) is 24.3 Å².